The number of hydrogen-bond donors (Lipinski definition) is 0. The molecule has 0 aliphatic carbocycles. The van der Waals surface area contributed by atoms with E-state index >= 15 is 0 Å². The summed E-state index contributed by atoms with van der Waals surface area (Å²) in [6.45, 7) is 0.628. The third-order valence-electron chi connectivity index (χ3n) is 4.81. The lowest BCUT2D eigenvalue weighted by Gasteiger charge is -2.30. The third kappa shape index (κ3) is 4.42. The van der Waals surface area contributed by atoms with Crippen molar-refractivity contribution in [2.75, 3.05) is 13.1 Å². The van der Waals surface area contributed by atoms with Crippen LogP contribution in [0, 0.1) is 5.92 Å². The first-order chi connectivity index (χ1) is 14.0. The molecule has 0 amide bonds. The van der Waals surface area contributed by atoms with Gasteiger partial charge < -0.3 is 9.15 Å². The van der Waals surface area contributed by atoms with Crippen LogP contribution >= 0.6 is 11.3 Å². The number of nitrogens with zero attached hydrogens (tertiary/aromatic N) is 2. The summed E-state index contributed by atoms with van der Waals surface area (Å²) in [4.78, 5) is 17.9. The summed E-state index contributed by atoms with van der Waals surface area (Å²) in [5.41, 5.74) is 0.547. The number of thiophene rings is 1. The molecule has 1 fully saturated rings. The molecule has 3 heterocycles. The average molecular weight is 433 g/mol. The van der Waals surface area contributed by atoms with E-state index in [2.05, 4.69) is 4.98 Å². The molecule has 3 aromatic rings. The van der Waals surface area contributed by atoms with Crippen molar-refractivity contribution in [2.24, 2.45) is 5.92 Å². The van der Waals surface area contributed by atoms with Gasteiger partial charge in [-0.3, -0.25) is 4.79 Å². The Labute approximate surface area is 173 Å². The molecule has 2 aromatic heterocycles. The van der Waals surface area contributed by atoms with Gasteiger partial charge in [-0.25, -0.2) is 13.4 Å². The van der Waals surface area contributed by atoms with Crippen LogP contribution in [0.5, 0.6) is 0 Å². The van der Waals surface area contributed by atoms with E-state index in [4.69, 9.17) is 9.15 Å². The molecule has 9 heteroatoms. The topological polar surface area (TPSA) is 89.7 Å². The van der Waals surface area contributed by atoms with Crippen molar-refractivity contribution < 1.29 is 22.4 Å². The SMILES string of the molecule is O=C(OCc1coc(-c2cccs2)n1)C1CCN(S(=O)(=O)c2ccccc2)CC1. The molecule has 4 rings (SSSR count). The highest BCUT2D eigenvalue weighted by Crippen LogP contribution is 2.26. The van der Waals surface area contributed by atoms with Gasteiger partial charge in [-0.05, 0) is 36.4 Å². The Bertz CT molecular complexity index is 1050. The fourth-order valence-corrected chi connectivity index (χ4v) is 5.37. The maximum absolute atomic E-state index is 12.7. The maximum Gasteiger partial charge on any atom is 0.309 e. The number of carbonyl (C=O) groups is 1. The smallest absolute Gasteiger partial charge is 0.309 e. The van der Waals surface area contributed by atoms with Gasteiger partial charge in [0.25, 0.3) is 0 Å². The van der Waals surface area contributed by atoms with E-state index in [1.165, 1.54) is 21.9 Å². The summed E-state index contributed by atoms with van der Waals surface area (Å²) in [5, 5.41) is 1.93. The van der Waals surface area contributed by atoms with Crippen LogP contribution in [-0.4, -0.2) is 36.8 Å². The summed E-state index contributed by atoms with van der Waals surface area (Å²) < 4.78 is 37.6. The van der Waals surface area contributed by atoms with Gasteiger partial charge in [0, 0.05) is 13.1 Å². The number of piperidine rings is 1. The number of ether oxygens (including phenoxy) is 1. The molecule has 1 aliphatic rings. The Balaban J connectivity index is 1.29. The predicted octanol–water partition coefficient (Wildman–Crippen LogP) is 3.55. The van der Waals surface area contributed by atoms with Gasteiger partial charge in [-0.2, -0.15) is 4.31 Å². The van der Waals surface area contributed by atoms with Crippen molar-refractivity contribution in [3.05, 3.63) is 59.8 Å². The Morgan fingerprint density at radius 2 is 1.93 bits per heavy atom. The van der Waals surface area contributed by atoms with E-state index in [0.717, 1.165) is 4.88 Å². The first-order valence-electron chi connectivity index (χ1n) is 9.24. The van der Waals surface area contributed by atoms with Crippen molar-refractivity contribution in [1.29, 1.82) is 0 Å². The third-order valence-corrected chi connectivity index (χ3v) is 7.58. The lowest BCUT2D eigenvalue weighted by atomic mass is 9.98. The number of carbonyl (C=O) groups excluding carboxylic acids is 1. The highest BCUT2D eigenvalue weighted by atomic mass is 32.2. The standard InChI is InChI=1S/C20H20N2O5S2/c23-20(27-14-16-13-26-19(21-16)18-7-4-12-28-18)15-8-10-22(11-9-15)29(24,25)17-5-2-1-3-6-17/h1-7,12-13,15H,8-11,14H2. The number of aromatic nitrogens is 1. The van der Waals surface area contributed by atoms with Crippen molar-refractivity contribution in [3.63, 3.8) is 0 Å². The summed E-state index contributed by atoms with van der Waals surface area (Å²) in [7, 11) is -3.53. The van der Waals surface area contributed by atoms with Gasteiger partial charge in [0.1, 0.15) is 18.6 Å². The summed E-state index contributed by atoms with van der Waals surface area (Å²) in [6, 6.07) is 12.2. The van der Waals surface area contributed by atoms with Crippen LogP contribution in [-0.2, 0) is 26.2 Å². The maximum atomic E-state index is 12.7. The first kappa shape index (κ1) is 19.8. The lowest BCUT2D eigenvalue weighted by molar-refractivity contribution is -0.151. The van der Waals surface area contributed by atoms with Crippen molar-refractivity contribution >= 4 is 27.3 Å². The van der Waals surface area contributed by atoms with E-state index < -0.39 is 10.0 Å². The number of sulfonamides is 1. The van der Waals surface area contributed by atoms with Crippen molar-refractivity contribution in [3.8, 4) is 10.8 Å². The Hall–Kier alpha value is -2.49. The molecular weight excluding hydrogens is 412 g/mol. The fourth-order valence-electron chi connectivity index (χ4n) is 3.22. The molecule has 1 aliphatic heterocycles. The van der Waals surface area contributed by atoms with Gasteiger partial charge in [-0.1, -0.05) is 24.3 Å². The van der Waals surface area contributed by atoms with Gasteiger partial charge in [0.2, 0.25) is 15.9 Å². The molecule has 1 aromatic carbocycles. The van der Waals surface area contributed by atoms with Crippen molar-refractivity contribution in [1.82, 2.24) is 9.29 Å². The van der Waals surface area contributed by atoms with Crippen LogP contribution in [0.2, 0.25) is 0 Å². The Morgan fingerprint density at radius 3 is 2.62 bits per heavy atom. The van der Waals surface area contributed by atoms with E-state index in [-0.39, 0.29) is 23.4 Å². The molecule has 0 radical (unpaired) electrons. The fraction of sp³-hybridized carbons (Fsp3) is 0.300. The number of rotatable bonds is 6. The molecule has 0 unspecified atom stereocenters. The molecular formula is C20H20N2O5S2. The second-order valence-electron chi connectivity index (χ2n) is 6.72. The Kier molecular flexibility index (Phi) is 5.79. The molecule has 0 saturated carbocycles. The minimum atomic E-state index is -3.53. The zero-order chi connectivity index (χ0) is 20.3. The van der Waals surface area contributed by atoms with Crippen LogP contribution in [0.15, 0.2) is 63.4 Å². The van der Waals surface area contributed by atoms with Crippen LogP contribution in [0.3, 0.4) is 0 Å². The van der Waals surface area contributed by atoms with Crippen LogP contribution in [0.4, 0.5) is 0 Å². The van der Waals surface area contributed by atoms with Crippen LogP contribution in [0.1, 0.15) is 18.5 Å². The number of oxazole rings is 1. The van der Waals surface area contributed by atoms with Gasteiger partial charge in [0.15, 0.2) is 0 Å². The van der Waals surface area contributed by atoms with E-state index in [1.54, 1.807) is 30.3 Å². The zero-order valence-corrected chi connectivity index (χ0v) is 17.2. The number of hydrogen-bond acceptors (Lipinski definition) is 7. The van der Waals surface area contributed by atoms with Crippen LogP contribution in [0.25, 0.3) is 10.8 Å². The summed E-state index contributed by atoms with van der Waals surface area (Å²) in [5.74, 6) is -0.145. The second kappa shape index (κ2) is 8.48. The normalized spacial score (nSPS) is 16.0. The molecule has 152 valence electrons. The second-order valence-corrected chi connectivity index (χ2v) is 9.61. The average Bonchev–Trinajstić information content (AvgIpc) is 3.44. The van der Waals surface area contributed by atoms with Gasteiger partial charge >= 0.3 is 5.97 Å². The monoisotopic (exact) mass is 432 g/mol. The van der Waals surface area contributed by atoms with Gasteiger partial charge in [-0.15, -0.1) is 11.3 Å². The molecule has 29 heavy (non-hydrogen) atoms. The van der Waals surface area contributed by atoms with Crippen molar-refractivity contribution in [2.45, 2.75) is 24.3 Å². The zero-order valence-electron chi connectivity index (χ0n) is 15.6. The van der Waals surface area contributed by atoms with E-state index in [9.17, 15) is 13.2 Å². The molecule has 7 nitrogen and oxygen atoms in total. The highest BCUT2D eigenvalue weighted by molar-refractivity contribution is 7.89. The quantitative estimate of drug-likeness (QED) is 0.554. The van der Waals surface area contributed by atoms with Crippen LogP contribution < -0.4 is 0 Å². The minimum Gasteiger partial charge on any atom is -0.459 e. The summed E-state index contributed by atoms with van der Waals surface area (Å²) >= 11 is 1.52. The number of benzene rings is 1. The molecule has 0 N–H and O–H groups in total. The van der Waals surface area contributed by atoms with E-state index in [0.29, 0.717) is 37.5 Å². The largest absolute Gasteiger partial charge is 0.459 e. The molecule has 0 spiro atoms. The highest BCUT2D eigenvalue weighted by Gasteiger charge is 2.32. The minimum absolute atomic E-state index is 0.0379. The molecule has 0 atom stereocenters. The predicted molar refractivity (Wildman–Crippen MR) is 108 cm³/mol. The van der Waals surface area contributed by atoms with Gasteiger partial charge in [0.05, 0.1) is 15.7 Å². The lowest BCUT2D eigenvalue weighted by Crippen LogP contribution is -2.40. The molecule has 1 saturated heterocycles. The summed E-state index contributed by atoms with van der Waals surface area (Å²) in [6.07, 6.45) is 2.35. The number of esters is 1. The van der Waals surface area contributed by atoms with E-state index in [1.807, 2.05) is 17.5 Å². The first-order valence-corrected chi connectivity index (χ1v) is 11.6. The Morgan fingerprint density at radius 1 is 1.17 bits per heavy atom. The molecule has 0 bridgehead atoms.